The molecule has 2 unspecified atom stereocenters. The summed E-state index contributed by atoms with van der Waals surface area (Å²) in [6.45, 7) is 9.31. The maximum absolute atomic E-state index is 12.6. The molecule has 0 spiro atoms. The summed E-state index contributed by atoms with van der Waals surface area (Å²) in [5.41, 5.74) is 0.750. The average Bonchev–Trinajstić information content (AvgIpc) is 2.74. The predicted octanol–water partition coefficient (Wildman–Crippen LogP) is 2.98. The molecular weight excluding hydrogens is 288 g/mol. The summed E-state index contributed by atoms with van der Waals surface area (Å²) in [4.78, 5) is 30.8. The molecule has 0 aliphatic carbocycles. The van der Waals surface area contributed by atoms with E-state index >= 15 is 0 Å². The second kappa shape index (κ2) is 5.97. The molecule has 6 heteroatoms. The van der Waals surface area contributed by atoms with Gasteiger partial charge < -0.3 is 4.74 Å². The third-order valence-corrected chi connectivity index (χ3v) is 4.88. The Bertz CT molecular complexity index is 732. The standard InChI is InChI=1S/C15H20N2O3S/c1-6-8(2)20-15(19)10(4)17-7-16-13-12(14(17)18)9(3)11(5)21-13/h7-8,10H,6H2,1-5H3. The highest BCUT2D eigenvalue weighted by atomic mass is 32.1. The van der Waals surface area contributed by atoms with Crippen LogP contribution in [0.5, 0.6) is 0 Å². The van der Waals surface area contributed by atoms with Gasteiger partial charge in [-0.15, -0.1) is 11.3 Å². The minimum Gasteiger partial charge on any atom is -0.461 e. The molecule has 5 nitrogen and oxygen atoms in total. The van der Waals surface area contributed by atoms with Crippen molar-refractivity contribution >= 4 is 27.5 Å². The average molecular weight is 308 g/mol. The maximum Gasteiger partial charge on any atom is 0.329 e. The van der Waals surface area contributed by atoms with Crippen LogP contribution in [0.1, 0.15) is 43.7 Å². The van der Waals surface area contributed by atoms with Crippen LogP contribution in [0.15, 0.2) is 11.1 Å². The molecule has 2 aromatic rings. The summed E-state index contributed by atoms with van der Waals surface area (Å²) in [6.07, 6.45) is 2.02. The third-order valence-electron chi connectivity index (χ3n) is 3.77. The van der Waals surface area contributed by atoms with Crippen LogP contribution >= 0.6 is 11.3 Å². The first-order valence-electron chi connectivity index (χ1n) is 7.04. The molecule has 0 amide bonds. The van der Waals surface area contributed by atoms with E-state index in [1.807, 2.05) is 27.7 Å². The van der Waals surface area contributed by atoms with E-state index in [2.05, 4.69) is 4.98 Å². The molecule has 21 heavy (non-hydrogen) atoms. The molecule has 2 rings (SSSR count). The number of rotatable bonds is 4. The summed E-state index contributed by atoms with van der Waals surface area (Å²) in [5, 5.41) is 0.600. The zero-order chi connectivity index (χ0) is 15.7. The molecular formula is C15H20N2O3S. The second-order valence-electron chi connectivity index (χ2n) is 5.25. The van der Waals surface area contributed by atoms with Gasteiger partial charge in [-0.1, -0.05) is 6.92 Å². The number of ether oxygens (including phenoxy) is 1. The number of hydrogen-bond donors (Lipinski definition) is 0. The first-order valence-corrected chi connectivity index (χ1v) is 7.85. The van der Waals surface area contributed by atoms with E-state index in [1.165, 1.54) is 22.2 Å². The molecule has 0 radical (unpaired) electrons. The highest BCUT2D eigenvalue weighted by Gasteiger charge is 2.22. The number of carbonyl (C=O) groups excluding carboxylic acids is 1. The van der Waals surface area contributed by atoms with Crippen molar-refractivity contribution in [3.05, 3.63) is 27.1 Å². The number of thiophene rings is 1. The first kappa shape index (κ1) is 15.7. The number of aryl methyl sites for hydroxylation is 2. The van der Waals surface area contributed by atoms with Crippen molar-refractivity contribution in [1.82, 2.24) is 9.55 Å². The summed E-state index contributed by atoms with van der Waals surface area (Å²) in [6, 6.07) is -0.678. The fraction of sp³-hybridized carbons (Fsp3) is 0.533. The molecule has 114 valence electrons. The predicted molar refractivity (Wildman–Crippen MR) is 83.9 cm³/mol. The van der Waals surface area contributed by atoms with Gasteiger partial charge in [0.2, 0.25) is 0 Å². The maximum atomic E-state index is 12.6. The van der Waals surface area contributed by atoms with E-state index < -0.39 is 12.0 Å². The molecule has 0 saturated carbocycles. The van der Waals surface area contributed by atoms with Gasteiger partial charge in [-0.25, -0.2) is 9.78 Å². The van der Waals surface area contributed by atoms with Gasteiger partial charge in [-0.05, 0) is 39.7 Å². The van der Waals surface area contributed by atoms with E-state index in [1.54, 1.807) is 6.92 Å². The first-order chi connectivity index (χ1) is 9.86. The van der Waals surface area contributed by atoms with Gasteiger partial charge in [0.25, 0.3) is 5.56 Å². The largest absolute Gasteiger partial charge is 0.461 e. The Morgan fingerprint density at radius 1 is 1.43 bits per heavy atom. The summed E-state index contributed by atoms with van der Waals surface area (Å²) in [7, 11) is 0. The van der Waals surface area contributed by atoms with Gasteiger partial charge in [0, 0.05) is 4.88 Å². The number of hydrogen-bond acceptors (Lipinski definition) is 5. The minimum absolute atomic E-state index is 0.155. The normalized spacial score (nSPS) is 14.1. The van der Waals surface area contributed by atoms with Crippen LogP contribution in [-0.4, -0.2) is 21.6 Å². The van der Waals surface area contributed by atoms with Gasteiger partial charge in [0.05, 0.1) is 17.8 Å². The lowest BCUT2D eigenvalue weighted by atomic mass is 10.2. The van der Waals surface area contributed by atoms with E-state index in [4.69, 9.17) is 4.74 Å². The Morgan fingerprint density at radius 2 is 2.10 bits per heavy atom. The molecule has 0 saturated heterocycles. The van der Waals surface area contributed by atoms with Crippen molar-refractivity contribution in [3.8, 4) is 0 Å². The van der Waals surface area contributed by atoms with Gasteiger partial charge in [0.1, 0.15) is 10.9 Å². The monoisotopic (exact) mass is 308 g/mol. The van der Waals surface area contributed by atoms with E-state index in [9.17, 15) is 9.59 Å². The van der Waals surface area contributed by atoms with Crippen LogP contribution in [0.25, 0.3) is 10.2 Å². The highest BCUT2D eigenvalue weighted by molar-refractivity contribution is 7.18. The van der Waals surface area contributed by atoms with Crippen LogP contribution < -0.4 is 5.56 Å². The number of esters is 1. The summed E-state index contributed by atoms with van der Waals surface area (Å²) >= 11 is 1.50. The zero-order valence-electron chi connectivity index (χ0n) is 13.0. The highest BCUT2D eigenvalue weighted by Crippen LogP contribution is 2.26. The van der Waals surface area contributed by atoms with Crippen molar-refractivity contribution in [3.63, 3.8) is 0 Å². The zero-order valence-corrected chi connectivity index (χ0v) is 13.8. The number of fused-ring (bicyclic) bond motifs is 1. The van der Waals surface area contributed by atoms with Crippen molar-refractivity contribution in [1.29, 1.82) is 0 Å². The molecule has 0 aromatic carbocycles. The minimum atomic E-state index is -0.678. The number of carbonyl (C=O) groups is 1. The molecule has 0 aliphatic rings. The Balaban J connectivity index is 2.43. The van der Waals surface area contributed by atoms with Crippen LogP contribution in [0.2, 0.25) is 0 Å². The quantitative estimate of drug-likeness (QED) is 0.815. The lowest BCUT2D eigenvalue weighted by molar-refractivity contribution is -0.152. The molecule has 2 aromatic heterocycles. The van der Waals surface area contributed by atoms with E-state index in [0.717, 1.165) is 16.9 Å². The Labute approximate surface area is 127 Å². The SMILES string of the molecule is CCC(C)OC(=O)C(C)n1cnc2sc(C)c(C)c2c1=O. The summed E-state index contributed by atoms with van der Waals surface area (Å²) in [5.74, 6) is -0.405. The number of aromatic nitrogens is 2. The summed E-state index contributed by atoms with van der Waals surface area (Å²) < 4.78 is 6.65. The number of nitrogens with zero attached hydrogens (tertiary/aromatic N) is 2. The smallest absolute Gasteiger partial charge is 0.329 e. The van der Waals surface area contributed by atoms with Gasteiger partial charge in [-0.3, -0.25) is 9.36 Å². The van der Waals surface area contributed by atoms with Gasteiger partial charge >= 0.3 is 5.97 Å². The fourth-order valence-electron chi connectivity index (χ4n) is 2.02. The van der Waals surface area contributed by atoms with Crippen LogP contribution in [0.3, 0.4) is 0 Å². The van der Waals surface area contributed by atoms with Crippen molar-refractivity contribution in [2.45, 2.75) is 53.2 Å². The lowest BCUT2D eigenvalue weighted by Crippen LogP contribution is -2.31. The van der Waals surface area contributed by atoms with Crippen LogP contribution in [0, 0.1) is 13.8 Å². The fourth-order valence-corrected chi connectivity index (χ4v) is 3.00. The lowest BCUT2D eigenvalue weighted by Gasteiger charge is -2.17. The van der Waals surface area contributed by atoms with Crippen LogP contribution in [-0.2, 0) is 9.53 Å². The third kappa shape index (κ3) is 2.85. The van der Waals surface area contributed by atoms with Crippen molar-refractivity contribution < 1.29 is 9.53 Å². The van der Waals surface area contributed by atoms with Gasteiger partial charge in [-0.2, -0.15) is 0 Å². The Kier molecular flexibility index (Phi) is 4.46. The Hall–Kier alpha value is -1.69. The van der Waals surface area contributed by atoms with Gasteiger partial charge in [0.15, 0.2) is 0 Å². The second-order valence-corrected chi connectivity index (χ2v) is 6.46. The molecule has 0 bridgehead atoms. The molecule has 0 N–H and O–H groups in total. The molecule has 0 aliphatic heterocycles. The van der Waals surface area contributed by atoms with E-state index in [-0.39, 0.29) is 11.7 Å². The molecule has 0 fully saturated rings. The molecule has 2 atom stereocenters. The Morgan fingerprint density at radius 3 is 2.71 bits per heavy atom. The topological polar surface area (TPSA) is 61.2 Å². The molecule has 2 heterocycles. The van der Waals surface area contributed by atoms with Crippen molar-refractivity contribution in [2.24, 2.45) is 0 Å². The van der Waals surface area contributed by atoms with E-state index in [0.29, 0.717) is 10.2 Å². The van der Waals surface area contributed by atoms with Crippen molar-refractivity contribution in [2.75, 3.05) is 0 Å². The van der Waals surface area contributed by atoms with Crippen LogP contribution in [0.4, 0.5) is 0 Å².